The Morgan fingerprint density at radius 3 is 3.00 bits per heavy atom. The average molecular weight is 274 g/mol. The van der Waals surface area contributed by atoms with Gasteiger partial charge in [-0.25, -0.2) is 0 Å². The highest BCUT2D eigenvalue weighted by Gasteiger charge is 2.03. The second-order valence-electron chi connectivity index (χ2n) is 2.79. The molecular weight excluding hydrogens is 262 g/mol. The lowest BCUT2D eigenvalue weighted by molar-refractivity contribution is 0.317. The van der Waals surface area contributed by atoms with Crippen molar-refractivity contribution in [2.45, 2.75) is 0 Å². The number of rotatable bonds is 4. The molecule has 1 aromatic carbocycles. The van der Waals surface area contributed by atoms with Gasteiger partial charge in [0.15, 0.2) is 5.84 Å². The molecule has 0 heterocycles. The number of anilines is 1. The molecule has 0 aromatic heterocycles. The minimum absolute atomic E-state index is 0.108. The third kappa shape index (κ3) is 3.32. The molecule has 4 N–H and O–H groups in total. The molecule has 15 heavy (non-hydrogen) atoms. The topological polar surface area (TPSA) is 79.9 Å². The molecule has 0 fully saturated rings. The van der Waals surface area contributed by atoms with Crippen LogP contribution in [0.25, 0.3) is 0 Å². The van der Waals surface area contributed by atoms with Crippen LogP contribution in [0.2, 0.25) is 0 Å². The molecule has 0 amide bonds. The normalized spacial score (nSPS) is 11.2. The fourth-order valence-electron chi connectivity index (χ4n) is 1.04. The first-order chi connectivity index (χ1) is 7.17. The number of halogens is 1. The number of nitrogens with two attached hydrogens (primary N) is 1. The third-order valence-corrected chi connectivity index (χ3v) is 2.24. The SMILES string of the molecule is COc1ccc(Br)cc1NCC(N)=NO. The molecular formula is C9H12BrN3O2. The molecule has 1 rings (SSSR count). The van der Waals surface area contributed by atoms with Gasteiger partial charge in [0.1, 0.15) is 5.75 Å². The van der Waals surface area contributed by atoms with Gasteiger partial charge in [0.05, 0.1) is 19.3 Å². The summed E-state index contributed by atoms with van der Waals surface area (Å²) in [6, 6.07) is 5.54. The van der Waals surface area contributed by atoms with E-state index in [1.807, 2.05) is 18.2 Å². The smallest absolute Gasteiger partial charge is 0.158 e. The zero-order valence-electron chi connectivity index (χ0n) is 8.20. The Bertz CT molecular complexity index is 368. The Morgan fingerprint density at radius 1 is 1.67 bits per heavy atom. The van der Waals surface area contributed by atoms with Gasteiger partial charge in [0.25, 0.3) is 0 Å². The number of amidine groups is 1. The number of hydrogen-bond donors (Lipinski definition) is 3. The van der Waals surface area contributed by atoms with Gasteiger partial charge in [-0.3, -0.25) is 0 Å². The van der Waals surface area contributed by atoms with Crippen molar-refractivity contribution in [1.82, 2.24) is 0 Å². The maximum Gasteiger partial charge on any atom is 0.158 e. The number of methoxy groups -OCH3 is 1. The van der Waals surface area contributed by atoms with E-state index in [4.69, 9.17) is 15.7 Å². The minimum atomic E-state index is 0.108. The first-order valence-corrected chi connectivity index (χ1v) is 5.00. The molecule has 0 aliphatic carbocycles. The summed E-state index contributed by atoms with van der Waals surface area (Å²) >= 11 is 3.34. The summed E-state index contributed by atoms with van der Waals surface area (Å²) in [5, 5.41) is 14.2. The van der Waals surface area contributed by atoms with Crippen molar-refractivity contribution in [3.63, 3.8) is 0 Å². The Balaban J connectivity index is 2.78. The minimum Gasteiger partial charge on any atom is -0.495 e. The summed E-state index contributed by atoms with van der Waals surface area (Å²) in [6.45, 7) is 0.253. The zero-order chi connectivity index (χ0) is 11.3. The first-order valence-electron chi connectivity index (χ1n) is 4.21. The van der Waals surface area contributed by atoms with Crippen LogP contribution in [0.3, 0.4) is 0 Å². The van der Waals surface area contributed by atoms with E-state index < -0.39 is 0 Å². The van der Waals surface area contributed by atoms with Crippen molar-refractivity contribution >= 4 is 27.5 Å². The van der Waals surface area contributed by atoms with Crippen LogP contribution in [-0.4, -0.2) is 24.7 Å². The second-order valence-corrected chi connectivity index (χ2v) is 3.71. The van der Waals surface area contributed by atoms with E-state index >= 15 is 0 Å². The van der Waals surface area contributed by atoms with Crippen LogP contribution >= 0.6 is 15.9 Å². The molecule has 0 aliphatic heterocycles. The molecule has 0 saturated heterocycles. The van der Waals surface area contributed by atoms with Crippen LogP contribution in [0, 0.1) is 0 Å². The lowest BCUT2D eigenvalue weighted by atomic mass is 10.3. The van der Waals surface area contributed by atoms with Gasteiger partial charge in [-0.05, 0) is 18.2 Å². The number of hydrogen-bond acceptors (Lipinski definition) is 4. The van der Waals surface area contributed by atoms with Crippen molar-refractivity contribution in [2.24, 2.45) is 10.9 Å². The van der Waals surface area contributed by atoms with E-state index in [-0.39, 0.29) is 12.4 Å². The van der Waals surface area contributed by atoms with Crippen LogP contribution in [0.5, 0.6) is 5.75 Å². The van der Waals surface area contributed by atoms with Crippen LogP contribution in [0.4, 0.5) is 5.69 Å². The van der Waals surface area contributed by atoms with Crippen molar-refractivity contribution in [3.05, 3.63) is 22.7 Å². The summed E-state index contributed by atoms with van der Waals surface area (Å²) in [7, 11) is 1.58. The Kier molecular flexibility index (Phi) is 4.23. The second kappa shape index (κ2) is 5.45. The average Bonchev–Trinajstić information content (AvgIpc) is 2.26. The predicted octanol–water partition coefficient (Wildman–Crippen LogP) is 1.62. The largest absolute Gasteiger partial charge is 0.495 e. The molecule has 0 unspecified atom stereocenters. The van der Waals surface area contributed by atoms with E-state index in [1.54, 1.807) is 7.11 Å². The van der Waals surface area contributed by atoms with Gasteiger partial charge in [-0.15, -0.1) is 0 Å². The van der Waals surface area contributed by atoms with Gasteiger partial charge >= 0.3 is 0 Å². The Hall–Kier alpha value is -1.43. The van der Waals surface area contributed by atoms with Gasteiger partial charge in [0.2, 0.25) is 0 Å². The number of benzene rings is 1. The summed E-state index contributed by atoms with van der Waals surface area (Å²) in [5.41, 5.74) is 6.11. The van der Waals surface area contributed by atoms with Crippen molar-refractivity contribution < 1.29 is 9.94 Å². The van der Waals surface area contributed by atoms with Crippen molar-refractivity contribution in [3.8, 4) is 5.75 Å². The van der Waals surface area contributed by atoms with E-state index in [9.17, 15) is 0 Å². The maximum atomic E-state index is 8.38. The van der Waals surface area contributed by atoms with Gasteiger partial charge in [-0.1, -0.05) is 21.1 Å². The van der Waals surface area contributed by atoms with E-state index in [0.29, 0.717) is 5.75 Å². The molecule has 0 radical (unpaired) electrons. The highest BCUT2D eigenvalue weighted by molar-refractivity contribution is 9.10. The standard InChI is InChI=1S/C9H12BrN3O2/c1-15-8-3-2-6(10)4-7(8)12-5-9(11)13-14/h2-4,12,14H,5H2,1H3,(H2,11,13). The van der Waals surface area contributed by atoms with Crippen molar-refractivity contribution in [1.29, 1.82) is 0 Å². The molecule has 5 nitrogen and oxygen atoms in total. The lowest BCUT2D eigenvalue weighted by Gasteiger charge is -2.10. The van der Waals surface area contributed by atoms with Gasteiger partial charge < -0.3 is 21.0 Å². The third-order valence-electron chi connectivity index (χ3n) is 1.75. The van der Waals surface area contributed by atoms with Gasteiger partial charge in [0, 0.05) is 4.47 Å². The summed E-state index contributed by atoms with van der Waals surface area (Å²) in [5.74, 6) is 0.806. The maximum absolute atomic E-state index is 8.38. The number of ether oxygens (including phenoxy) is 1. The Morgan fingerprint density at radius 2 is 2.40 bits per heavy atom. The Labute approximate surface area is 96.0 Å². The zero-order valence-corrected chi connectivity index (χ0v) is 9.78. The molecule has 1 aromatic rings. The lowest BCUT2D eigenvalue weighted by Crippen LogP contribution is -2.22. The summed E-state index contributed by atoms with van der Waals surface area (Å²) in [6.07, 6.45) is 0. The molecule has 82 valence electrons. The summed E-state index contributed by atoms with van der Waals surface area (Å²) in [4.78, 5) is 0. The molecule has 0 aliphatic rings. The van der Waals surface area contributed by atoms with Crippen molar-refractivity contribution in [2.75, 3.05) is 19.0 Å². The fraction of sp³-hybridized carbons (Fsp3) is 0.222. The number of oxime groups is 1. The number of nitrogens with zero attached hydrogens (tertiary/aromatic N) is 1. The van der Waals surface area contributed by atoms with E-state index in [2.05, 4.69) is 26.4 Å². The molecule has 0 saturated carbocycles. The quantitative estimate of drug-likeness (QED) is 0.337. The van der Waals surface area contributed by atoms with Crippen LogP contribution < -0.4 is 15.8 Å². The molecule has 6 heteroatoms. The first kappa shape index (κ1) is 11.6. The van der Waals surface area contributed by atoms with Crippen LogP contribution in [0.1, 0.15) is 0 Å². The molecule has 0 bridgehead atoms. The van der Waals surface area contributed by atoms with Crippen LogP contribution in [0.15, 0.2) is 27.8 Å². The van der Waals surface area contributed by atoms with Gasteiger partial charge in [-0.2, -0.15) is 0 Å². The van der Waals surface area contributed by atoms with E-state index in [1.165, 1.54) is 0 Å². The highest BCUT2D eigenvalue weighted by Crippen LogP contribution is 2.27. The summed E-state index contributed by atoms with van der Waals surface area (Å²) < 4.78 is 6.06. The number of nitrogens with one attached hydrogen (secondary N) is 1. The predicted molar refractivity (Wildman–Crippen MR) is 62.6 cm³/mol. The molecule has 0 spiro atoms. The molecule has 0 atom stereocenters. The highest BCUT2D eigenvalue weighted by atomic mass is 79.9. The van der Waals surface area contributed by atoms with E-state index in [0.717, 1.165) is 10.2 Å². The fourth-order valence-corrected chi connectivity index (χ4v) is 1.40. The monoisotopic (exact) mass is 273 g/mol. The van der Waals surface area contributed by atoms with Crippen LogP contribution in [-0.2, 0) is 0 Å².